The maximum Gasteiger partial charge on any atom is 0.236 e. The van der Waals surface area contributed by atoms with E-state index in [9.17, 15) is 13.2 Å². The maximum absolute atomic E-state index is 11.3. The van der Waals surface area contributed by atoms with Crippen LogP contribution in [0.25, 0.3) is 0 Å². The maximum atomic E-state index is 11.3. The molecule has 0 aromatic heterocycles. The van der Waals surface area contributed by atoms with Crippen molar-refractivity contribution < 1.29 is 13.2 Å². The summed E-state index contributed by atoms with van der Waals surface area (Å²) in [6.07, 6.45) is 2.49. The highest BCUT2D eigenvalue weighted by atomic mass is 32.2. The largest absolute Gasteiger partial charge is 0.354 e. The second-order valence-corrected chi connectivity index (χ2v) is 5.77. The minimum atomic E-state index is -3.52. The Balaban J connectivity index is 3.74. The smallest absolute Gasteiger partial charge is 0.236 e. The Hall–Kier alpha value is -0.310. The molecule has 0 radical (unpaired) electrons. The van der Waals surface area contributed by atoms with E-state index in [1.165, 1.54) is 0 Å². The Morgan fingerprint density at radius 1 is 1.53 bits per heavy atom. The minimum Gasteiger partial charge on any atom is -0.354 e. The zero-order chi connectivity index (χ0) is 11.9. The molecule has 6 nitrogen and oxygen atoms in total. The van der Waals surface area contributed by atoms with Gasteiger partial charge in [-0.05, 0) is 18.4 Å². The van der Waals surface area contributed by atoms with E-state index in [1.807, 2.05) is 6.26 Å². The van der Waals surface area contributed by atoms with Gasteiger partial charge in [-0.15, -0.1) is 0 Å². The Bertz CT molecular complexity index is 292. The zero-order valence-corrected chi connectivity index (χ0v) is 10.2. The Morgan fingerprint density at radius 2 is 2.13 bits per heavy atom. The van der Waals surface area contributed by atoms with Gasteiger partial charge in [0.2, 0.25) is 15.9 Å². The third-order valence-electron chi connectivity index (χ3n) is 1.66. The lowest BCUT2D eigenvalue weighted by molar-refractivity contribution is -0.122. The van der Waals surface area contributed by atoms with Gasteiger partial charge in [0.15, 0.2) is 0 Å². The van der Waals surface area contributed by atoms with E-state index in [2.05, 4.69) is 5.32 Å². The van der Waals surface area contributed by atoms with Crippen molar-refractivity contribution in [1.29, 1.82) is 0 Å². The van der Waals surface area contributed by atoms with Crippen molar-refractivity contribution in [3.05, 3.63) is 0 Å². The molecule has 5 N–H and O–H groups in total. The number of amides is 1. The second-order valence-electron chi connectivity index (χ2n) is 3.05. The highest BCUT2D eigenvalue weighted by molar-refractivity contribution is 7.98. The van der Waals surface area contributed by atoms with Crippen molar-refractivity contribution in [3.8, 4) is 0 Å². The number of carbonyl (C=O) groups is 1. The van der Waals surface area contributed by atoms with Crippen LogP contribution in [0.5, 0.6) is 0 Å². The SMILES string of the molecule is CSCC[C@H](N)C(=O)NCCS(N)(=O)=O. The first-order valence-electron chi connectivity index (χ1n) is 4.39. The van der Waals surface area contributed by atoms with Gasteiger partial charge < -0.3 is 11.1 Å². The van der Waals surface area contributed by atoms with E-state index in [0.717, 1.165) is 5.75 Å². The molecule has 0 heterocycles. The van der Waals surface area contributed by atoms with Crippen LogP contribution < -0.4 is 16.2 Å². The number of primary sulfonamides is 1. The summed E-state index contributed by atoms with van der Waals surface area (Å²) in [4.78, 5) is 11.3. The van der Waals surface area contributed by atoms with Crippen LogP contribution in [0, 0.1) is 0 Å². The first-order valence-corrected chi connectivity index (χ1v) is 7.50. The molecular formula is C7H17N3O3S2. The monoisotopic (exact) mass is 255 g/mol. The normalized spacial score (nSPS) is 13.5. The molecule has 0 saturated heterocycles. The van der Waals surface area contributed by atoms with Crippen molar-refractivity contribution in [2.24, 2.45) is 10.9 Å². The van der Waals surface area contributed by atoms with Crippen LogP contribution in [0.2, 0.25) is 0 Å². The molecule has 0 unspecified atom stereocenters. The van der Waals surface area contributed by atoms with Crippen molar-refractivity contribution in [2.45, 2.75) is 12.5 Å². The lowest BCUT2D eigenvalue weighted by atomic mass is 10.2. The quantitative estimate of drug-likeness (QED) is 0.510. The molecule has 15 heavy (non-hydrogen) atoms. The average molecular weight is 255 g/mol. The summed E-state index contributed by atoms with van der Waals surface area (Å²) in [5.74, 6) is 0.185. The fraction of sp³-hybridized carbons (Fsp3) is 0.857. The van der Waals surface area contributed by atoms with E-state index in [-0.39, 0.29) is 18.2 Å². The third-order valence-corrected chi connectivity index (χ3v) is 3.07. The van der Waals surface area contributed by atoms with Gasteiger partial charge in [-0.2, -0.15) is 11.8 Å². The van der Waals surface area contributed by atoms with Crippen LogP contribution in [-0.4, -0.2) is 44.7 Å². The number of hydrogen-bond acceptors (Lipinski definition) is 5. The number of carbonyl (C=O) groups excluding carboxylic acids is 1. The number of hydrogen-bond donors (Lipinski definition) is 3. The third kappa shape index (κ3) is 8.67. The molecule has 90 valence electrons. The van der Waals surface area contributed by atoms with Crippen LogP contribution in [0.4, 0.5) is 0 Å². The molecule has 1 atom stereocenters. The zero-order valence-electron chi connectivity index (χ0n) is 8.60. The van der Waals surface area contributed by atoms with Gasteiger partial charge in [0.25, 0.3) is 0 Å². The van der Waals surface area contributed by atoms with E-state index in [0.29, 0.717) is 6.42 Å². The molecule has 0 aliphatic carbocycles. The Kier molecular flexibility index (Phi) is 6.90. The fourth-order valence-corrected chi connectivity index (χ4v) is 1.70. The van der Waals surface area contributed by atoms with Gasteiger partial charge in [-0.1, -0.05) is 0 Å². The molecule has 0 aromatic carbocycles. The summed E-state index contributed by atoms with van der Waals surface area (Å²) < 4.78 is 21.1. The number of rotatable bonds is 7. The summed E-state index contributed by atoms with van der Waals surface area (Å²) in [7, 11) is -3.52. The standard InChI is InChI=1S/C7H17N3O3S2/c1-14-4-2-6(8)7(11)10-3-5-15(9,12)13/h6H,2-5,8H2,1H3,(H,10,11)(H2,9,12,13)/t6-/m0/s1. The molecule has 0 aliphatic rings. The van der Waals surface area contributed by atoms with Gasteiger partial charge >= 0.3 is 0 Å². The summed E-state index contributed by atoms with van der Waals surface area (Å²) in [5, 5.41) is 7.18. The first kappa shape index (κ1) is 14.7. The summed E-state index contributed by atoms with van der Waals surface area (Å²) >= 11 is 1.60. The molecule has 0 spiro atoms. The predicted molar refractivity (Wildman–Crippen MR) is 62.0 cm³/mol. The number of nitrogens with one attached hydrogen (secondary N) is 1. The van der Waals surface area contributed by atoms with Crippen LogP contribution in [0.3, 0.4) is 0 Å². The summed E-state index contributed by atoms with van der Waals surface area (Å²) in [5.41, 5.74) is 5.55. The second kappa shape index (κ2) is 7.04. The van der Waals surface area contributed by atoms with Gasteiger partial charge in [-0.25, -0.2) is 13.6 Å². The van der Waals surface area contributed by atoms with Crippen LogP contribution in [0.15, 0.2) is 0 Å². The highest BCUT2D eigenvalue weighted by Gasteiger charge is 2.12. The summed E-state index contributed by atoms with van der Waals surface area (Å²) in [6.45, 7) is 0.00460. The average Bonchev–Trinajstić information content (AvgIpc) is 2.11. The molecule has 0 rings (SSSR count). The Labute approximate surface area is 94.2 Å². The lowest BCUT2D eigenvalue weighted by Gasteiger charge is -2.10. The lowest BCUT2D eigenvalue weighted by Crippen LogP contribution is -2.43. The predicted octanol–water partition coefficient (Wildman–Crippen LogP) is -1.53. The highest BCUT2D eigenvalue weighted by Crippen LogP contribution is 1.98. The molecule has 1 amide bonds. The minimum absolute atomic E-state index is 0.00460. The van der Waals surface area contributed by atoms with E-state index in [1.54, 1.807) is 11.8 Å². The number of thioether (sulfide) groups is 1. The van der Waals surface area contributed by atoms with Gasteiger partial charge in [0.05, 0.1) is 11.8 Å². The van der Waals surface area contributed by atoms with Gasteiger partial charge in [0, 0.05) is 6.54 Å². The molecule has 0 fully saturated rings. The van der Waals surface area contributed by atoms with Crippen molar-refractivity contribution in [2.75, 3.05) is 24.3 Å². The van der Waals surface area contributed by atoms with Crippen LogP contribution >= 0.6 is 11.8 Å². The Morgan fingerprint density at radius 3 is 2.60 bits per heavy atom. The molecule has 0 aliphatic heterocycles. The van der Waals surface area contributed by atoms with Crippen molar-refractivity contribution in [1.82, 2.24) is 5.32 Å². The number of sulfonamides is 1. The van der Waals surface area contributed by atoms with Gasteiger partial charge in [0.1, 0.15) is 0 Å². The summed E-state index contributed by atoms with van der Waals surface area (Å²) in [6, 6.07) is -0.585. The van der Waals surface area contributed by atoms with Gasteiger partial charge in [-0.3, -0.25) is 4.79 Å². The molecule has 0 aromatic rings. The van der Waals surface area contributed by atoms with Crippen LogP contribution in [0.1, 0.15) is 6.42 Å². The molecule has 0 saturated carbocycles. The fourth-order valence-electron chi connectivity index (χ4n) is 0.823. The van der Waals surface area contributed by atoms with Crippen molar-refractivity contribution in [3.63, 3.8) is 0 Å². The number of nitrogens with two attached hydrogens (primary N) is 2. The van der Waals surface area contributed by atoms with E-state index < -0.39 is 16.1 Å². The molecule has 0 bridgehead atoms. The molecular weight excluding hydrogens is 238 g/mol. The van der Waals surface area contributed by atoms with Crippen molar-refractivity contribution >= 4 is 27.7 Å². The van der Waals surface area contributed by atoms with Crippen LogP contribution in [-0.2, 0) is 14.8 Å². The van der Waals surface area contributed by atoms with E-state index in [4.69, 9.17) is 10.9 Å². The first-order chi connectivity index (χ1) is 6.87. The van der Waals surface area contributed by atoms with E-state index >= 15 is 0 Å². The topological polar surface area (TPSA) is 115 Å². The molecule has 8 heteroatoms.